The first-order chi connectivity index (χ1) is 9.75. The predicted molar refractivity (Wildman–Crippen MR) is 77.8 cm³/mol. The Morgan fingerprint density at radius 2 is 2.30 bits per heavy atom. The van der Waals surface area contributed by atoms with Crippen molar-refractivity contribution in [3.05, 3.63) is 34.8 Å². The molecule has 3 aromatic heterocycles. The number of hydrogen-bond donors (Lipinski definition) is 1. The molecule has 3 rings (SSSR count). The van der Waals surface area contributed by atoms with E-state index in [2.05, 4.69) is 62.3 Å². The van der Waals surface area contributed by atoms with Crippen LogP contribution in [0.4, 0.5) is 5.82 Å². The monoisotopic (exact) mass is 289 g/mol. The molecule has 0 spiro atoms. The van der Waals surface area contributed by atoms with E-state index < -0.39 is 0 Å². The van der Waals surface area contributed by atoms with Gasteiger partial charge in [-0.2, -0.15) is 4.52 Å². The molecule has 8 heteroatoms. The highest BCUT2D eigenvalue weighted by Crippen LogP contribution is 2.23. The lowest BCUT2D eigenvalue weighted by atomic mass is 10.2. The van der Waals surface area contributed by atoms with Crippen LogP contribution in [0.5, 0.6) is 0 Å². The Morgan fingerprint density at radius 3 is 3.05 bits per heavy atom. The van der Waals surface area contributed by atoms with Crippen molar-refractivity contribution in [3.8, 4) is 0 Å². The van der Waals surface area contributed by atoms with Gasteiger partial charge in [-0.3, -0.25) is 4.98 Å². The van der Waals surface area contributed by atoms with E-state index in [0.717, 1.165) is 12.4 Å². The van der Waals surface area contributed by atoms with Crippen LogP contribution in [0.2, 0.25) is 0 Å². The molecule has 20 heavy (non-hydrogen) atoms. The van der Waals surface area contributed by atoms with Crippen LogP contribution in [0.25, 0.3) is 5.65 Å². The molecule has 3 aromatic rings. The van der Waals surface area contributed by atoms with E-state index in [1.54, 1.807) is 28.2 Å². The Bertz CT molecular complexity index is 676. The Morgan fingerprint density at radius 1 is 1.40 bits per heavy atom. The van der Waals surface area contributed by atoms with Gasteiger partial charge in [0.2, 0.25) is 0 Å². The number of hydrogen-bond acceptors (Lipinski definition) is 7. The van der Waals surface area contributed by atoms with E-state index in [1.807, 2.05) is 0 Å². The van der Waals surface area contributed by atoms with Crippen molar-refractivity contribution < 1.29 is 0 Å². The summed E-state index contributed by atoms with van der Waals surface area (Å²) < 4.78 is 1.65. The van der Waals surface area contributed by atoms with E-state index >= 15 is 0 Å². The molecule has 104 valence electrons. The standard InChI is InChI=1S/C12H15N7S/c1-18(2)9(10-4-3-5-20-10)6-14-11-7-13-8-12-15-16-17-19(11)12/h3-5,7-9,14H,6H2,1-2H3. The molecular formula is C12H15N7S. The van der Waals surface area contributed by atoms with Crippen LogP contribution in [0.1, 0.15) is 10.9 Å². The molecule has 1 N–H and O–H groups in total. The normalized spacial score (nSPS) is 12.9. The lowest BCUT2D eigenvalue weighted by molar-refractivity contribution is 0.316. The molecule has 0 aliphatic carbocycles. The summed E-state index contributed by atoms with van der Waals surface area (Å²) in [4.78, 5) is 7.64. The van der Waals surface area contributed by atoms with Crippen molar-refractivity contribution in [2.75, 3.05) is 26.0 Å². The molecule has 0 saturated heterocycles. The summed E-state index contributed by atoms with van der Waals surface area (Å²) in [7, 11) is 4.14. The van der Waals surface area contributed by atoms with Gasteiger partial charge in [0.1, 0.15) is 5.82 Å². The second-order valence-corrected chi connectivity index (χ2v) is 5.60. The molecule has 0 saturated carbocycles. The van der Waals surface area contributed by atoms with Crippen LogP contribution in [-0.4, -0.2) is 50.6 Å². The van der Waals surface area contributed by atoms with Gasteiger partial charge in [0, 0.05) is 11.4 Å². The zero-order chi connectivity index (χ0) is 13.9. The van der Waals surface area contributed by atoms with Crippen LogP contribution < -0.4 is 5.32 Å². The number of anilines is 1. The number of nitrogens with zero attached hydrogens (tertiary/aromatic N) is 6. The quantitative estimate of drug-likeness (QED) is 0.763. The maximum Gasteiger partial charge on any atom is 0.199 e. The summed E-state index contributed by atoms with van der Waals surface area (Å²) in [5, 5.41) is 16.9. The van der Waals surface area contributed by atoms with E-state index in [-0.39, 0.29) is 0 Å². The molecule has 7 nitrogen and oxygen atoms in total. The number of rotatable bonds is 5. The lowest BCUT2D eigenvalue weighted by Crippen LogP contribution is -2.26. The van der Waals surface area contributed by atoms with Crippen molar-refractivity contribution in [1.82, 2.24) is 29.9 Å². The van der Waals surface area contributed by atoms with E-state index in [1.165, 1.54) is 4.88 Å². The summed E-state index contributed by atoms with van der Waals surface area (Å²) >= 11 is 1.76. The van der Waals surface area contributed by atoms with Crippen LogP contribution >= 0.6 is 11.3 Å². The lowest BCUT2D eigenvalue weighted by Gasteiger charge is -2.23. The van der Waals surface area contributed by atoms with Crippen LogP contribution in [-0.2, 0) is 0 Å². The molecular weight excluding hydrogens is 274 g/mol. The third kappa shape index (κ3) is 2.47. The van der Waals surface area contributed by atoms with Gasteiger partial charge < -0.3 is 10.2 Å². The minimum absolute atomic E-state index is 0.293. The van der Waals surface area contributed by atoms with Gasteiger partial charge in [-0.25, -0.2) is 0 Å². The first-order valence-electron chi connectivity index (χ1n) is 6.21. The summed E-state index contributed by atoms with van der Waals surface area (Å²) in [6, 6.07) is 4.51. The second-order valence-electron chi connectivity index (χ2n) is 4.62. The fourth-order valence-electron chi connectivity index (χ4n) is 2.02. The minimum Gasteiger partial charge on any atom is -0.367 e. The van der Waals surface area contributed by atoms with E-state index in [9.17, 15) is 0 Å². The van der Waals surface area contributed by atoms with Crippen molar-refractivity contribution >= 4 is 22.8 Å². The van der Waals surface area contributed by atoms with Crippen molar-refractivity contribution in [2.24, 2.45) is 0 Å². The van der Waals surface area contributed by atoms with Gasteiger partial charge in [-0.15, -0.1) is 16.4 Å². The summed E-state index contributed by atoms with van der Waals surface area (Å²) in [6.07, 6.45) is 3.36. The van der Waals surface area contributed by atoms with Crippen molar-refractivity contribution in [2.45, 2.75) is 6.04 Å². The Kier molecular flexibility index (Phi) is 3.57. The third-order valence-corrected chi connectivity index (χ3v) is 4.05. The first-order valence-corrected chi connectivity index (χ1v) is 7.09. The molecule has 1 atom stereocenters. The van der Waals surface area contributed by atoms with Gasteiger partial charge in [0.15, 0.2) is 5.65 Å². The number of likely N-dealkylation sites (N-methyl/N-ethyl adjacent to an activating group) is 1. The summed E-state index contributed by atoms with van der Waals surface area (Å²) in [6.45, 7) is 0.758. The molecule has 0 aliphatic rings. The zero-order valence-electron chi connectivity index (χ0n) is 11.3. The highest BCUT2D eigenvalue weighted by atomic mass is 32.1. The van der Waals surface area contributed by atoms with E-state index in [4.69, 9.17) is 0 Å². The Hall–Kier alpha value is -2.06. The number of nitrogens with one attached hydrogen (secondary N) is 1. The van der Waals surface area contributed by atoms with Crippen LogP contribution in [0.3, 0.4) is 0 Å². The molecule has 0 aromatic carbocycles. The Labute approximate surface area is 120 Å². The molecule has 0 bridgehead atoms. The maximum atomic E-state index is 4.13. The SMILES string of the molecule is CN(C)C(CNc1cncc2nnnn12)c1cccs1. The largest absolute Gasteiger partial charge is 0.367 e. The van der Waals surface area contributed by atoms with Crippen LogP contribution in [0.15, 0.2) is 29.9 Å². The summed E-state index contributed by atoms with van der Waals surface area (Å²) in [5.74, 6) is 0.788. The average molecular weight is 289 g/mol. The smallest absolute Gasteiger partial charge is 0.199 e. The van der Waals surface area contributed by atoms with Crippen molar-refractivity contribution in [1.29, 1.82) is 0 Å². The zero-order valence-corrected chi connectivity index (χ0v) is 12.1. The fraction of sp³-hybridized carbons (Fsp3) is 0.333. The minimum atomic E-state index is 0.293. The molecule has 0 amide bonds. The van der Waals surface area contributed by atoms with Crippen molar-refractivity contribution in [3.63, 3.8) is 0 Å². The highest BCUT2D eigenvalue weighted by Gasteiger charge is 2.15. The summed E-state index contributed by atoms with van der Waals surface area (Å²) in [5.41, 5.74) is 0.632. The van der Waals surface area contributed by atoms with Gasteiger partial charge >= 0.3 is 0 Å². The van der Waals surface area contributed by atoms with Crippen LogP contribution in [0, 0.1) is 0 Å². The van der Waals surface area contributed by atoms with E-state index in [0.29, 0.717) is 11.7 Å². The average Bonchev–Trinajstić information content (AvgIpc) is 3.09. The van der Waals surface area contributed by atoms with Gasteiger partial charge in [-0.1, -0.05) is 6.07 Å². The van der Waals surface area contributed by atoms with Gasteiger partial charge in [0.05, 0.1) is 18.4 Å². The fourth-order valence-corrected chi connectivity index (χ4v) is 2.94. The highest BCUT2D eigenvalue weighted by molar-refractivity contribution is 7.10. The number of fused-ring (bicyclic) bond motifs is 1. The first kappa shape index (κ1) is 12.9. The molecule has 0 fully saturated rings. The topological polar surface area (TPSA) is 71.2 Å². The third-order valence-electron chi connectivity index (χ3n) is 3.08. The molecule has 0 aliphatic heterocycles. The number of thiophene rings is 1. The van der Waals surface area contributed by atoms with Gasteiger partial charge in [0.25, 0.3) is 0 Å². The second kappa shape index (κ2) is 5.51. The number of aromatic nitrogens is 5. The predicted octanol–water partition coefficient (Wildman–Crippen LogP) is 1.30. The van der Waals surface area contributed by atoms with Gasteiger partial charge in [-0.05, 0) is 36.0 Å². The molecule has 1 unspecified atom stereocenters. The molecule has 3 heterocycles. The maximum absolute atomic E-state index is 4.13. The number of tetrazole rings is 1. The molecule has 0 radical (unpaired) electrons. The Balaban J connectivity index is 1.79.